The largest absolute Gasteiger partial charge is 0.469 e. The van der Waals surface area contributed by atoms with Crippen LogP contribution < -0.4 is 10.9 Å². The highest BCUT2D eigenvalue weighted by molar-refractivity contribution is 6.41. The lowest BCUT2D eigenvalue weighted by Gasteiger charge is -2.16. The molecule has 0 aliphatic heterocycles. The van der Waals surface area contributed by atoms with Crippen molar-refractivity contribution in [3.8, 4) is 5.69 Å². The summed E-state index contributed by atoms with van der Waals surface area (Å²) in [5.41, 5.74) is 0.743. The van der Waals surface area contributed by atoms with Gasteiger partial charge in [-0.3, -0.25) is 4.79 Å². The van der Waals surface area contributed by atoms with E-state index in [-0.39, 0.29) is 16.1 Å². The first-order valence-corrected chi connectivity index (χ1v) is 8.61. The van der Waals surface area contributed by atoms with Gasteiger partial charge in [0.15, 0.2) is 0 Å². The molecule has 5 nitrogen and oxygen atoms in total. The van der Waals surface area contributed by atoms with E-state index in [1.165, 1.54) is 6.20 Å². The lowest BCUT2D eigenvalue weighted by atomic mass is 10.2. The van der Waals surface area contributed by atoms with Gasteiger partial charge in [0.25, 0.3) is 5.56 Å². The van der Waals surface area contributed by atoms with E-state index in [1.54, 1.807) is 24.5 Å². The molecule has 2 aromatic heterocycles. The molecule has 25 heavy (non-hydrogen) atoms. The Labute approximate surface area is 159 Å². The van der Waals surface area contributed by atoms with Crippen LogP contribution in [0.4, 0.5) is 5.69 Å². The zero-order valence-corrected chi connectivity index (χ0v) is 15.4. The van der Waals surface area contributed by atoms with Crippen molar-refractivity contribution in [3.05, 3.63) is 74.0 Å². The van der Waals surface area contributed by atoms with E-state index in [0.29, 0.717) is 10.7 Å². The lowest BCUT2D eigenvalue weighted by molar-refractivity contribution is 0.498. The standard InChI is InChI=1S/C17H14Cl3N3O2/c1-10(7-12-3-2-6-25-12)22-15-5-4-11(8-13(15)18)23-17(24)16(20)14(19)9-21-23/h2-6,8-10,22H,7H2,1H3. The van der Waals surface area contributed by atoms with Crippen LogP contribution in [-0.4, -0.2) is 15.8 Å². The van der Waals surface area contributed by atoms with Crippen molar-refractivity contribution in [2.24, 2.45) is 0 Å². The van der Waals surface area contributed by atoms with Crippen LogP contribution >= 0.6 is 34.8 Å². The number of furan rings is 1. The molecule has 130 valence electrons. The predicted octanol–water partition coefficient (Wildman–Crippen LogP) is 4.83. The highest BCUT2D eigenvalue weighted by Crippen LogP contribution is 2.26. The molecular weight excluding hydrogens is 385 g/mol. The number of rotatable bonds is 5. The number of halogens is 3. The molecule has 0 bridgehead atoms. The molecule has 1 unspecified atom stereocenters. The van der Waals surface area contributed by atoms with Crippen molar-refractivity contribution < 1.29 is 4.42 Å². The van der Waals surface area contributed by atoms with E-state index in [9.17, 15) is 4.79 Å². The van der Waals surface area contributed by atoms with Crippen molar-refractivity contribution in [2.75, 3.05) is 5.32 Å². The van der Waals surface area contributed by atoms with Gasteiger partial charge in [-0.05, 0) is 37.3 Å². The Balaban J connectivity index is 1.81. The molecule has 0 amide bonds. The Hall–Kier alpha value is -1.95. The molecule has 3 rings (SSSR count). The zero-order chi connectivity index (χ0) is 18.0. The maximum atomic E-state index is 12.2. The molecule has 0 fully saturated rings. The first-order chi connectivity index (χ1) is 12.0. The number of hydrogen-bond donors (Lipinski definition) is 1. The number of anilines is 1. The van der Waals surface area contributed by atoms with Gasteiger partial charge in [-0.2, -0.15) is 9.78 Å². The fraction of sp³-hybridized carbons (Fsp3) is 0.176. The second-order valence-corrected chi connectivity index (χ2v) is 6.71. The summed E-state index contributed by atoms with van der Waals surface area (Å²) in [5.74, 6) is 0.888. The van der Waals surface area contributed by atoms with E-state index < -0.39 is 5.56 Å². The summed E-state index contributed by atoms with van der Waals surface area (Å²) >= 11 is 18.0. The van der Waals surface area contributed by atoms with Gasteiger partial charge in [0, 0.05) is 12.5 Å². The molecule has 0 spiro atoms. The SMILES string of the molecule is CC(Cc1ccco1)Nc1ccc(-n2ncc(Cl)c(Cl)c2=O)cc1Cl. The second-order valence-electron chi connectivity index (χ2n) is 5.52. The fourth-order valence-electron chi connectivity index (χ4n) is 2.40. The number of aromatic nitrogens is 2. The van der Waals surface area contributed by atoms with E-state index in [1.807, 2.05) is 19.1 Å². The molecule has 1 aromatic carbocycles. The zero-order valence-electron chi connectivity index (χ0n) is 13.2. The topological polar surface area (TPSA) is 60.1 Å². The minimum absolute atomic E-state index is 0.0814. The lowest BCUT2D eigenvalue weighted by Crippen LogP contribution is -2.22. The van der Waals surface area contributed by atoms with Crippen molar-refractivity contribution in [2.45, 2.75) is 19.4 Å². The summed E-state index contributed by atoms with van der Waals surface area (Å²) in [5, 5.41) is 7.79. The van der Waals surface area contributed by atoms with Crippen LogP contribution in [0.1, 0.15) is 12.7 Å². The van der Waals surface area contributed by atoms with Crippen LogP contribution in [-0.2, 0) is 6.42 Å². The van der Waals surface area contributed by atoms with Gasteiger partial charge < -0.3 is 9.73 Å². The van der Waals surface area contributed by atoms with E-state index >= 15 is 0 Å². The van der Waals surface area contributed by atoms with E-state index in [0.717, 1.165) is 22.6 Å². The minimum atomic E-state index is -0.503. The van der Waals surface area contributed by atoms with E-state index in [2.05, 4.69) is 10.4 Å². The van der Waals surface area contributed by atoms with Crippen LogP contribution in [0.2, 0.25) is 15.1 Å². The third-order valence-corrected chi connectivity index (χ3v) is 4.62. The highest BCUT2D eigenvalue weighted by atomic mass is 35.5. The summed E-state index contributed by atoms with van der Waals surface area (Å²) in [6.07, 6.45) is 3.68. The third-order valence-electron chi connectivity index (χ3n) is 3.56. The van der Waals surface area contributed by atoms with Gasteiger partial charge in [0.05, 0.1) is 33.9 Å². The summed E-state index contributed by atoms with van der Waals surface area (Å²) in [6, 6.07) is 9.04. The monoisotopic (exact) mass is 397 g/mol. The average Bonchev–Trinajstić information content (AvgIpc) is 3.08. The van der Waals surface area contributed by atoms with Gasteiger partial charge in [-0.1, -0.05) is 34.8 Å². The number of nitrogens with one attached hydrogen (secondary N) is 1. The van der Waals surface area contributed by atoms with Crippen molar-refractivity contribution in [1.82, 2.24) is 9.78 Å². The second kappa shape index (κ2) is 7.52. The Morgan fingerprint density at radius 1 is 1.24 bits per heavy atom. The number of nitrogens with zero attached hydrogens (tertiary/aromatic N) is 2. The molecule has 1 atom stereocenters. The van der Waals surface area contributed by atoms with Gasteiger partial charge in [-0.15, -0.1) is 0 Å². The Kier molecular flexibility index (Phi) is 5.37. The summed E-state index contributed by atoms with van der Waals surface area (Å²) in [6.45, 7) is 2.03. The fourth-order valence-corrected chi connectivity index (χ4v) is 2.88. The molecule has 0 radical (unpaired) electrons. The van der Waals surface area contributed by atoms with Crippen LogP contribution in [0.15, 0.2) is 52.0 Å². The first-order valence-electron chi connectivity index (χ1n) is 7.48. The number of hydrogen-bond acceptors (Lipinski definition) is 4. The summed E-state index contributed by atoms with van der Waals surface area (Å²) < 4.78 is 6.49. The minimum Gasteiger partial charge on any atom is -0.469 e. The molecule has 3 aromatic rings. The van der Waals surface area contributed by atoms with Crippen LogP contribution in [0, 0.1) is 0 Å². The first kappa shape index (κ1) is 17.9. The molecule has 2 heterocycles. The van der Waals surface area contributed by atoms with Crippen LogP contribution in [0.25, 0.3) is 5.69 Å². The molecule has 0 aliphatic carbocycles. The molecule has 0 saturated carbocycles. The molecule has 0 aliphatic rings. The Morgan fingerprint density at radius 3 is 2.72 bits per heavy atom. The molecular formula is C17H14Cl3N3O2. The van der Waals surface area contributed by atoms with E-state index in [4.69, 9.17) is 39.2 Å². The normalized spacial score (nSPS) is 12.2. The van der Waals surface area contributed by atoms with Crippen molar-refractivity contribution in [3.63, 3.8) is 0 Å². The van der Waals surface area contributed by atoms with Crippen LogP contribution in [0.3, 0.4) is 0 Å². The predicted molar refractivity (Wildman–Crippen MR) is 100 cm³/mol. The maximum absolute atomic E-state index is 12.2. The summed E-state index contributed by atoms with van der Waals surface area (Å²) in [7, 11) is 0. The molecule has 0 saturated heterocycles. The quantitative estimate of drug-likeness (QED) is 0.669. The van der Waals surface area contributed by atoms with Gasteiger partial charge in [0.2, 0.25) is 0 Å². The third kappa shape index (κ3) is 4.00. The summed E-state index contributed by atoms with van der Waals surface area (Å²) in [4.78, 5) is 12.2. The highest BCUT2D eigenvalue weighted by Gasteiger charge is 2.12. The Morgan fingerprint density at radius 2 is 2.04 bits per heavy atom. The Bertz CT molecular complexity index is 939. The van der Waals surface area contributed by atoms with Gasteiger partial charge >= 0.3 is 0 Å². The van der Waals surface area contributed by atoms with Gasteiger partial charge in [-0.25, -0.2) is 0 Å². The number of benzene rings is 1. The van der Waals surface area contributed by atoms with Gasteiger partial charge in [0.1, 0.15) is 10.8 Å². The smallest absolute Gasteiger partial charge is 0.291 e. The van der Waals surface area contributed by atoms with Crippen LogP contribution in [0.5, 0.6) is 0 Å². The maximum Gasteiger partial charge on any atom is 0.291 e. The van der Waals surface area contributed by atoms with Crippen molar-refractivity contribution in [1.29, 1.82) is 0 Å². The molecule has 1 N–H and O–H groups in total. The average molecular weight is 399 g/mol. The van der Waals surface area contributed by atoms with Crippen molar-refractivity contribution >= 4 is 40.5 Å². The molecule has 8 heteroatoms.